The van der Waals surface area contributed by atoms with E-state index in [4.69, 9.17) is 0 Å². The summed E-state index contributed by atoms with van der Waals surface area (Å²) in [5.41, 5.74) is 3.27. The van der Waals surface area contributed by atoms with Crippen LogP contribution >= 0.6 is 11.3 Å². The quantitative estimate of drug-likeness (QED) is 0.688. The molecule has 1 aromatic heterocycles. The average Bonchev–Trinajstić information content (AvgIpc) is 2.55. The number of aromatic nitrogens is 1. The lowest BCUT2D eigenvalue weighted by atomic mass is 10.0. The van der Waals surface area contributed by atoms with Crippen LogP contribution in [0.2, 0.25) is 0 Å². The van der Waals surface area contributed by atoms with Gasteiger partial charge in [-0.25, -0.2) is 4.98 Å². The van der Waals surface area contributed by atoms with Gasteiger partial charge in [0, 0.05) is 17.3 Å². The van der Waals surface area contributed by atoms with Crippen LogP contribution < -0.4 is 5.32 Å². The lowest BCUT2D eigenvalue weighted by molar-refractivity contribution is 0.736. The summed E-state index contributed by atoms with van der Waals surface area (Å²) < 4.78 is 0. The number of aryl methyl sites for hydroxylation is 1. The molecular weight excluding hydrogens is 156 g/mol. The fourth-order valence-electron chi connectivity index (χ4n) is 1.59. The van der Waals surface area contributed by atoms with E-state index < -0.39 is 0 Å². The lowest BCUT2D eigenvalue weighted by Gasteiger charge is -2.04. The van der Waals surface area contributed by atoms with Gasteiger partial charge in [0.05, 0.1) is 11.2 Å². The Labute approximate surface area is 70.7 Å². The van der Waals surface area contributed by atoms with E-state index in [1.54, 1.807) is 11.3 Å². The second-order valence-corrected chi connectivity index (χ2v) is 4.04. The highest BCUT2D eigenvalue weighted by atomic mass is 32.1. The van der Waals surface area contributed by atoms with Crippen molar-refractivity contribution < 1.29 is 0 Å². The van der Waals surface area contributed by atoms with E-state index in [2.05, 4.69) is 17.2 Å². The van der Waals surface area contributed by atoms with Crippen molar-refractivity contribution in [2.24, 2.45) is 0 Å². The standard InChI is InChI=1S/C8H12N2S/c1-6-8(10-5-11-6)7-2-3-9-4-7/h5,7,9H,2-4H2,1H3. The Morgan fingerprint density at radius 1 is 1.73 bits per heavy atom. The van der Waals surface area contributed by atoms with Crippen molar-refractivity contribution in [1.82, 2.24) is 10.3 Å². The first-order chi connectivity index (χ1) is 5.38. The van der Waals surface area contributed by atoms with E-state index in [0.29, 0.717) is 5.92 Å². The summed E-state index contributed by atoms with van der Waals surface area (Å²) in [4.78, 5) is 5.76. The van der Waals surface area contributed by atoms with Crippen LogP contribution in [-0.2, 0) is 0 Å². The molecule has 1 aliphatic rings. The molecule has 1 atom stereocenters. The van der Waals surface area contributed by atoms with Crippen molar-refractivity contribution in [3.63, 3.8) is 0 Å². The van der Waals surface area contributed by atoms with Gasteiger partial charge in [-0.1, -0.05) is 0 Å². The van der Waals surface area contributed by atoms with Crippen LogP contribution in [0.4, 0.5) is 0 Å². The van der Waals surface area contributed by atoms with Crippen LogP contribution in [0.5, 0.6) is 0 Å². The molecule has 1 N–H and O–H groups in total. The van der Waals surface area contributed by atoms with E-state index >= 15 is 0 Å². The first-order valence-corrected chi connectivity index (χ1v) is 4.86. The molecular formula is C8H12N2S. The van der Waals surface area contributed by atoms with Gasteiger partial charge in [-0.05, 0) is 19.9 Å². The van der Waals surface area contributed by atoms with E-state index in [9.17, 15) is 0 Å². The Morgan fingerprint density at radius 3 is 3.18 bits per heavy atom. The summed E-state index contributed by atoms with van der Waals surface area (Å²) in [6, 6.07) is 0. The minimum atomic E-state index is 0.682. The van der Waals surface area contributed by atoms with Gasteiger partial charge in [-0.2, -0.15) is 0 Å². The minimum Gasteiger partial charge on any atom is -0.316 e. The highest BCUT2D eigenvalue weighted by Crippen LogP contribution is 2.25. The Hall–Kier alpha value is -0.410. The van der Waals surface area contributed by atoms with Crippen molar-refractivity contribution in [2.75, 3.05) is 13.1 Å². The molecule has 1 unspecified atom stereocenters. The zero-order valence-corrected chi connectivity index (χ0v) is 7.45. The van der Waals surface area contributed by atoms with Gasteiger partial charge < -0.3 is 5.32 Å². The third kappa shape index (κ3) is 1.30. The molecule has 60 valence electrons. The maximum atomic E-state index is 4.38. The molecule has 1 aliphatic heterocycles. The van der Waals surface area contributed by atoms with E-state index in [-0.39, 0.29) is 0 Å². The third-order valence-corrected chi connectivity index (χ3v) is 3.00. The molecule has 0 radical (unpaired) electrons. The van der Waals surface area contributed by atoms with Crippen molar-refractivity contribution >= 4 is 11.3 Å². The van der Waals surface area contributed by atoms with E-state index in [0.717, 1.165) is 13.1 Å². The van der Waals surface area contributed by atoms with Crippen LogP contribution in [0, 0.1) is 6.92 Å². The van der Waals surface area contributed by atoms with Crippen molar-refractivity contribution in [2.45, 2.75) is 19.3 Å². The predicted octanol–water partition coefficient (Wildman–Crippen LogP) is 1.53. The summed E-state index contributed by atoms with van der Waals surface area (Å²) >= 11 is 1.75. The monoisotopic (exact) mass is 168 g/mol. The Kier molecular flexibility index (Phi) is 1.92. The Balaban J connectivity index is 2.21. The molecule has 0 saturated carbocycles. The van der Waals surface area contributed by atoms with Gasteiger partial charge in [0.1, 0.15) is 0 Å². The molecule has 1 aromatic rings. The van der Waals surface area contributed by atoms with Crippen LogP contribution in [0.3, 0.4) is 0 Å². The summed E-state index contributed by atoms with van der Waals surface area (Å²) in [6.07, 6.45) is 1.25. The number of rotatable bonds is 1. The lowest BCUT2D eigenvalue weighted by Crippen LogP contribution is -2.08. The summed E-state index contributed by atoms with van der Waals surface area (Å²) in [5.74, 6) is 0.682. The molecule has 11 heavy (non-hydrogen) atoms. The second-order valence-electron chi connectivity index (χ2n) is 2.98. The summed E-state index contributed by atoms with van der Waals surface area (Å²) in [6.45, 7) is 4.43. The fraction of sp³-hybridized carbons (Fsp3) is 0.625. The minimum absolute atomic E-state index is 0.682. The molecule has 3 heteroatoms. The molecule has 1 saturated heterocycles. The van der Waals surface area contributed by atoms with Gasteiger partial charge in [0.2, 0.25) is 0 Å². The molecule has 0 aromatic carbocycles. The number of hydrogen-bond acceptors (Lipinski definition) is 3. The first-order valence-electron chi connectivity index (χ1n) is 3.98. The number of nitrogens with one attached hydrogen (secondary N) is 1. The largest absolute Gasteiger partial charge is 0.316 e. The Morgan fingerprint density at radius 2 is 2.64 bits per heavy atom. The van der Waals surface area contributed by atoms with Gasteiger partial charge in [-0.15, -0.1) is 11.3 Å². The van der Waals surface area contributed by atoms with E-state index in [1.165, 1.54) is 17.0 Å². The maximum absolute atomic E-state index is 4.38. The molecule has 0 aliphatic carbocycles. The second kappa shape index (κ2) is 2.91. The number of nitrogens with zero attached hydrogens (tertiary/aromatic N) is 1. The van der Waals surface area contributed by atoms with Gasteiger partial charge in [0.25, 0.3) is 0 Å². The van der Waals surface area contributed by atoms with Gasteiger partial charge >= 0.3 is 0 Å². The SMILES string of the molecule is Cc1scnc1C1CCNC1. The number of hydrogen-bond donors (Lipinski definition) is 1. The molecule has 0 bridgehead atoms. The van der Waals surface area contributed by atoms with E-state index in [1.807, 2.05) is 5.51 Å². The smallest absolute Gasteiger partial charge is 0.0797 e. The molecule has 0 spiro atoms. The molecule has 2 rings (SSSR count). The van der Waals surface area contributed by atoms with Crippen molar-refractivity contribution in [1.29, 1.82) is 0 Å². The first kappa shape index (κ1) is 7.25. The summed E-state index contributed by atoms with van der Waals surface area (Å²) in [7, 11) is 0. The van der Waals surface area contributed by atoms with Crippen LogP contribution in [0.15, 0.2) is 5.51 Å². The molecule has 1 fully saturated rings. The highest BCUT2D eigenvalue weighted by molar-refractivity contribution is 7.09. The van der Waals surface area contributed by atoms with Crippen LogP contribution in [0.1, 0.15) is 22.9 Å². The average molecular weight is 168 g/mol. The molecule has 2 heterocycles. The van der Waals surface area contributed by atoms with Gasteiger partial charge in [0.15, 0.2) is 0 Å². The van der Waals surface area contributed by atoms with Crippen molar-refractivity contribution in [3.8, 4) is 0 Å². The normalized spacial score (nSPS) is 24.3. The highest BCUT2D eigenvalue weighted by Gasteiger charge is 2.19. The Bertz CT molecular complexity index is 238. The van der Waals surface area contributed by atoms with Crippen molar-refractivity contribution in [3.05, 3.63) is 16.1 Å². The van der Waals surface area contributed by atoms with Crippen LogP contribution in [0.25, 0.3) is 0 Å². The molecule has 2 nitrogen and oxygen atoms in total. The zero-order chi connectivity index (χ0) is 7.68. The maximum Gasteiger partial charge on any atom is 0.0797 e. The number of thiazole rings is 1. The topological polar surface area (TPSA) is 24.9 Å². The fourth-order valence-corrected chi connectivity index (χ4v) is 2.26. The zero-order valence-electron chi connectivity index (χ0n) is 6.63. The van der Waals surface area contributed by atoms with Crippen LogP contribution in [-0.4, -0.2) is 18.1 Å². The molecule has 0 amide bonds. The van der Waals surface area contributed by atoms with Gasteiger partial charge in [-0.3, -0.25) is 0 Å². The predicted molar refractivity (Wildman–Crippen MR) is 47.1 cm³/mol. The summed E-state index contributed by atoms with van der Waals surface area (Å²) in [5, 5.41) is 3.35. The third-order valence-electron chi connectivity index (χ3n) is 2.23.